The predicted octanol–water partition coefficient (Wildman–Crippen LogP) is 3.74. The summed E-state index contributed by atoms with van der Waals surface area (Å²) in [4.78, 5) is 15.4. The molecule has 2 aromatic heterocycles. The summed E-state index contributed by atoms with van der Waals surface area (Å²) in [5.74, 6) is 1.37. The number of aromatic nitrogens is 2. The Balaban J connectivity index is 1.40. The third-order valence-electron chi connectivity index (χ3n) is 5.92. The minimum atomic E-state index is 0.168. The van der Waals surface area contributed by atoms with Crippen molar-refractivity contribution < 1.29 is 9.21 Å². The second-order valence-corrected chi connectivity index (χ2v) is 7.37. The van der Waals surface area contributed by atoms with Crippen LogP contribution in [0.5, 0.6) is 0 Å². The molecule has 1 atom stereocenters. The molecule has 3 aliphatic heterocycles. The Morgan fingerprint density at radius 3 is 2.84 bits per heavy atom. The van der Waals surface area contributed by atoms with Gasteiger partial charge in [-0.25, -0.2) is 0 Å². The van der Waals surface area contributed by atoms with E-state index in [1.807, 2.05) is 24.3 Å². The third kappa shape index (κ3) is 2.59. The van der Waals surface area contributed by atoms with Crippen molar-refractivity contribution in [3.63, 3.8) is 0 Å². The summed E-state index contributed by atoms with van der Waals surface area (Å²) in [5.41, 5.74) is 3.57. The van der Waals surface area contributed by atoms with Crippen LogP contribution in [0.15, 0.2) is 41.2 Å². The normalized spacial score (nSPS) is 25.5. The Hall–Kier alpha value is -2.40. The summed E-state index contributed by atoms with van der Waals surface area (Å²) >= 11 is 0. The zero-order valence-electron chi connectivity index (χ0n) is 14.1. The average Bonchev–Trinajstić information content (AvgIpc) is 3.32. The summed E-state index contributed by atoms with van der Waals surface area (Å²) in [6, 6.07) is 7.97. The van der Waals surface area contributed by atoms with Crippen molar-refractivity contribution in [1.82, 2.24) is 15.1 Å². The van der Waals surface area contributed by atoms with Crippen LogP contribution in [0.4, 0.5) is 0 Å². The molecule has 0 aliphatic carbocycles. The number of H-pyrrole nitrogens is 1. The van der Waals surface area contributed by atoms with E-state index in [2.05, 4.69) is 15.1 Å². The number of nitrogens with one attached hydrogen (secondary N) is 1. The highest BCUT2D eigenvalue weighted by Crippen LogP contribution is 2.35. The molecule has 2 bridgehead atoms. The molecule has 3 fully saturated rings. The van der Waals surface area contributed by atoms with Gasteiger partial charge in [-0.2, -0.15) is 5.10 Å². The molecule has 5 heteroatoms. The smallest absolute Gasteiger partial charge is 0.184 e. The molecular weight excluding hydrogens is 314 g/mol. The predicted molar refractivity (Wildman–Crippen MR) is 95.4 cm³/mol. The SMILES string of the molecule is O=C(C[C@H]1CN2CCC1CC2)c1n[nH]c2cc(-c3ccoc3)ccc12. The van der Waals surface area contributed by atoms with Gasteiger partial charge in [0, 0.05) is 23.9 Å². The lowest BCUT2D eigenvalue weighted by Gasteiger charge is -2.44. The van der Waals surface area contributed by atoms with Crippen LogP contribution in [0.25, 0.3) is 22.0 Å². The van der Waals surface area contributed by atoms with E-state index in [0.29, 0.717) is 24.0 Å². The van der Waals surface area contributed by atoms with Crippen molar-refractivity contribution in [2.45, 2.75) is 19.3 Å². The maximum Gasteiger partial charge on any atom is 0.184 e. The van der Waals surface area contributed by atoms with Crippen LogP contribution in [0.3, 0.4) is 0 Å². The van der Waals surface area contributed by atoms with Crippen LogP contribution in [0.2, 0.25) is 0 Å². The van der Waals surface area contributed by atoms with Crippen LogP contribution >= 0.6 is 0 Å². The number of piperidine rings is 3. The molecule has 0 saturated carbocycles. The number of hydrogen-bond donors (Lipinski definition) is 1. The minimum Gasteiger partial charge on any atom is -0.472 e. The van der Waals surface area contributed by atoms with Crippen molar-refractivity contribution in [3.05, 3.63) is 42.5 Å². The van der Waals surface area contributed by atoms with E-state index in [1.165, 1.54) is 25.9 Å². The molecule has 128 valence electrons. The van der Waals surface area contributed by atoms with Gasteiger partial charge in [0.1, 0.15) is 5.69 Å². The molecule has 5 heterocycles. The second-order valence-electron chi connectivity index (χ2n) is 7.37. The van der Waals surface area contributed by atoms with Crippen molar-refractivity contribution in [3.8, 4) is 11.1 Å². The summed E-state index contributed by atoms with van der Waals surface area (Å²) in [5, 5.41) is 8.28. The number of furan rings is 1. The van der Waals surface area contributed by atoms with Gasteiger partial charge in [0.25, 0.3) is 0 Å². The number of nitrogens with zero attached hydrogens (tertiary/aromatic N) is 2. The van der Waals surface area contributed by atoms with Crippen molar-refractivity contribution in [2.75, 3.05) is 19.6 Å². The van der Waals surface area contributed by atoms with E-state index >= 15 is 0 Å². The molecular formula is C20H21N3O2. The first-order valence-electron chi connectivity index (χ1n) is 9.04. The number of ketones is 1. The summed E-state index contributed by atoms with van der Waals surface area (Å²) in [6.07, 6.45) is 6.48. The molecule has 3 aliphatic rings. The molecule has 25 heavy (non-hydrogen) atoms. The van der Waals surface area contributed by atoms with Gasteiger partial charge in [0.15, 0.2) is 5.78 Å². The second kappa shape index (κ2) is 5.85. The Kier molecular flexibility index (Phi) is 3.48. The molecule has 3 saturated heterocycles. The van der Waals surface area contributed by atoms with E-state index in [0.717, 1.165) is 28.6 Å². The van der Waals surface area contributed by atoms with Gasteiger partial charge in [0.05, 0.1) is 18.0 Å². The Bertz CT molecular complexity index is 904. The van der Waals surface area contributed by atoms with Gasteiger partial charge in [-0.05, 0) is 61.5 Å². The van der Waals surface area contributed by atoms with E-state index in [1.54, 1.807) is 12.5 Å². The number of rotatable bonds is 4. The molecule has 3 aromatic rings. The summed E-state index contributed by atoms with van der Waals surface area (Å²) in [6.45, 7) is 3.48. The van der Waals surface area contributed by atoms with E-state index in [9.17, 15) is 4.79 Å². The quantitative estimate of drug-likeness (QED) is 0.738. The van der Waals surface area contributed by atoms with Crippen LogP contribution in [0, 0.1) is 11.8 Å². The van der Waals surface area contributed by atoms with Crippen LogP contribution in [0.1, 0.15) is 29.8 Å². The van der Waals surface area contributed by atoms with E-state index in [-0.39, 0.29) is 5.78 Å². The van der Waals surface area contributed by atoms with Gasteiger partial charge in [0.2, 0.25) is 0 Å². The minimum absolute atomic E-state index is 0.168. The molecule has 0 spiro atoms. The lowest BCUT2D eigenvalue weighted by Crippen LogP contribution is -2.47. The standard InChI is InChI=1S/C20H21N3O2/c24-19(10-16-11-23-6-3-13(16)4-7-23)20-17-2-1-14(9-18(17)21-22-20)15-5-8-25-12-15/h1-2,5,8-9,12-13,16H,3-4,6-7,10-11H2,(H,21,22)/t16-/m0/s1. The number of carbonyl (C=O) groups is 1. The first-order chi connectivity index (χ1) is 12.3. The highest BCUT2D eigenvalue weighted by atomic mass is 16.3. The zero-order chi connectivity index (χ0) is 16.8. The summed E-state index contributed by atoms with van der Waals surface area (Å²) in [7, 11) is 0. The van der Waals surface area contributed by atoms with Crippen LogP contribution in [-0.4, -0.2) is 40.5 Å². The van der Waals surface area contributed by atoms with Gasteiger partial charge < -0.3 is 9.32 Å². The first kappa shape index (κ1) is 14.9. The molecule has 0 amide bonds. The lowest BCUT2D eigenvalue weighted by atomic mass is 9.76. The number of Topliss-reactive ketones (excluding diaryl/α,β-unsaturated/α-hetero) is 1. The van der Waals surface area contributed by atoms with Gasteiger partial charge in [-0.3, -0.25) is 9.89 Å². The molecule has 0 unspecified atom stereocenters. The Labute approximate surface area is 146 Å². The highest BCUT2D eigenvalue weighted by molar-refractivity contribution is 6.06. The number of carbonyl (C=O) groups excluding carboxylic acids is 1. The van der Waals surface area contributed by atoms with Gasteiger partial charge in [-0.15, -0.1) is 0 Å². The zero-order valence-corrected chi connectivity index (χ0v) is 14.1. The molecule has 5 nitrogen and oxygen atoms in total. The van der Waals surface area contributed by atoms with Gasteiger partial charge >= 0.3 is 0 Å². The first-order valence-corrected chi connectivity index (χ1v) is 9.04. The maximum atomic E-state index is 12.9. The Morgan fingerprint density at radius 1 is 1.24 bits per heavy atom. The summed E-state index contributed by atoms with van der Waals surface area (Å²) < 4.78 is 5.15. The topological polar surface area (TPSA) is 62.1 Å². The molecule has 0 radical (unpaired) electrons. The lowest BCUT2D eigenvalue weighted by molar-refractivity contribution is 0.0440. The van der Waals surface area contributed by atoms with Crippen molar-refractivity contribution in [1.29, 1.82) is 0 Å². The third-order valence-corrected chi connectivity index (χ3v) is 5.92. The maximum absolute atomic E-state index is 12.9. The fourth-order valence-corrected chi connectivity index (χ4v) is 4.49. The van der Waals surface area contributed by atoms with Crippen molar-refractivity contribution in [2.24, 2.45) is 11.8 Å². The highest BCUT2D eigenvalue weighted by Gasteiger charge is 2.35. The average molecular weight is 335 g/mol. The fraction of sp³-hybridized carbons (Fsp3) is 0.400. The fourth-order valence-electron chi connectivity index (χ4n) is 4.49. The van der Waals surface area contributed by atoms with E-state index < -0.39 is 0 Å². The Morgan fingerprint density at radius 2 is 2.12 bits per heavy atom. The molecule has 1 aromatic carbocycles. The molecule has 1 N–H and O–H groups in total. The number of aromatic amines is 1. The number of benzene rings is 1. The number of hydrogen-bond acceptors (Lipinski definition) is 4. The van der Waals surface area contributed by atoms with E-state index in [4.69, 9.17) is 4.42 Å². The largest absolute Gasteiger partial charge is 0.472 e. The number of fused-ring (bicyclic) bond motifs is 4. The monoisotopic (exact) mass is 335 g/mol. The van der Waals surface area contributed by atoms with Crippen molar-refractivity contribution >= 4 is 16.7 Å². The van der Waals surface area contributed by atoms with Gasteiger partial charge in [-0.1, -0.05) is 6.07 Å². The molecule has 6 rings (SSSR count). The van der Waals surface area contributed by atoms with Crippen LogP contribution < -0.4 is 0 Å². The van der Waals surface area contributed by atoms with Crippen LogP contribution in [-0.2, 0) is 0 Å².